The van der Waals surface area contributed by atoms with E-state index in [0.29, 0.717) is 5.92 Å². The third kappa shape index (κ3) is 3.84. The molecule has 0 aliphatic heterocycles. The number of carbonyl (C=O) groups is 1. The number of hydrogen-bond acceptors (Lipinski definition) is 4. The predicted molar refractivity (Wildman–Crippen MR) is 84.6 cm³/mol. The van der Waals surface area contributed by atoms with Gasteiger partial charge < -0.3 is 0 Å². The summed E-state index contributed by atoms with van der Waals surface area (Å²) < 4.78 is 1.22. The van der Waals surface area contributed by atoms with Crippen LogP contribution in [0.25, 0.3) is 0 Å². The number of carbonyl (C=O) groups excluding carboxylic acids is 1. The van der Waals surface area contributed by atoms with Crippen LogP contribution in [0.2, 0.25) is 0 Å². The van der Waals surface area contributed by atoms with Crippen LogP contribution in [0.15, 0.2) is 47.3 Å². The molecule has 1 unspecified atom stereocenters. The Hall–Kier alpha value is -2.47. The van der Waals surface area contributed by atoms with Crippen molar-refractivity contribution in [1.29, 1.82) is 0 Å². The fourth-order valence-electron chi connectivity index (χ4n) is 2.28. The number of nitrogens with zero attached hydrogens (tertiary/aromatic N) is 2. The number of amides is 1. The lowest BCUT2D eigenvalue weighted by atomic mass is 10.2. The summed E-state index contributed by atoms with van der Waals surface area (Å²) in [5.41, 5.74) is 3.91. The first-order valence-electron chi connectivity index (χ1n) is 7.70. The van der Waals surface area contributed by atoms with E-state index in [2.05, 4.69) is 10.6 Å². The van der Waals surface area contributed by atoms with E-state index < -0.39 is 11.9 Å². The van der Waals surface area contributed by atoms with Crippen molar-refractivity contribution in [3.8, 4) is 0 Å². The van der Waals surface area contributed by atoms with E-state index in [1.807, 2.05) is 30.3 Å². The molecule has 0 radical (unpaired) electrons. The van der Waals surface area contributed by atoms with E-state index in [1.54, 1.807) is 13.0 Å². The normalized spacial score (nSPS) is 15.2. The molecule has 1 aliphatic rings. The average molecular weight is 313 g/mol. The highest BCUT2D eigenvalue weighted by molar-refractivity contribution is 5.78. The van der Waals surface area contributed by atoms with Crippen LogP contribution in [0.4, 0.5) is 0 Å². The first kappa shape index (κ1) is 15.4. The van der Waals surface area contributed by atoms with Crippen molar-refractivity contribution in [1.82, 2.24) is 15.3 Å². The van der Waals surface area contributed by atoms with Crippen molar-refractivity contribution in [2.45, 2.75) is 38.3 Å². The molecule has 23 heavy (non-hydrogen) atoms. The second kappa shape index (κ2) is 6.75. The van der Waals surface area contributed by atoms with E-state index in [-0.39, 0.29) is 12.2 Å². The lowest BCUT2D eigenvalue weighted by Crippen LogP contribution is -2.37. The predicted octanol–water partition coefficient (Wildman–Crippen LogP) is 1.93. The van der Waals surface area contributed by atoms with Crippen molar-refractivity contribution in [2.24, 2.45) is 0 Å². The standard InChI is InChI=1S/C17H19N3O3/c1-12(17(22)19-23-11-13-5-3-2-4-6-13)20-16(21)10-9-15(18-20)14-7-8-14/h2-6,9-10,12,14H,7-8,11H2,1H3,(H,19,22). The Balaban J connectivity index is 1.61. The zero-order chi connectivity index (χ0) is 16.2. The van der Waals surface area contributed by atoms with Crippen molar-refractivity contribution in [3.05, 3.63) is 64.1 Å². The van der Waals surface area contributed by atoms with Gasteiger partial charge in [-0.3, -0.25) is 14.4 Å². The summed E-state index contributed by atoms with van der Waals surface area (Å²) in [6.45, 7) is 1.90. The quantitative estimate of drug-likeness (QED) is 0.827. The molecule has 6 heteroatoms. The molecule has 1 aromatic carbocycles. The molecule has 1 aliphatic carbocycles. The van der Waals surface area contributed by atoms with Crippen LogP contribution in [0, 0.1) is 0 Å². The molecule has 0 saturated heterocycles. The zero-order valence-electron chi connectivity index (χ0n) is 12.9. The molecule has 0 bridgehead atoms. The third-order valence-electron chi connectivity index (χ3n) is 3.84. The topological polar surface area (TPSA) is 73.2 Å². The lowest BCUT2D eigenvalue weighted by molar-refractivity contribution is -0.138. The van der Waals surface area contributed by atoms with Gasteiger partial charge in [0, 0.05) is 12.0 Å². The van der Waals surface area contributed by atoms with Gasteiger partial charge >= 0.3 is 0 Å². The van der Waals surface area contributed by atoms with E-state index >= 15 is 0 Å². The van der Waals surface area contributed by atoms with Gasteiger partial charge in [-0.15, -0.1) is 0 Å². The number of nitrogens with one attached hydrogen (secondary N) is 1. The van der Waals surface area contributed by atoms with Crippen molar-refractivity contribution < 1.29 is 9.63 Å². The van der Waals surface area contributed by atoms with Crippen LogP contribution in [0.5, 0.6) is 0 Å². The van der Waals surface area contributed by atoms with Gasteiger partial charge in [-0.1, -0.05) is 30.3 Å². The summed E-state index contributed by atoms with van der Waals surface area (Å²) in [6, 6.07) is 12.0. The number of benzene rings is 1. The summed E-state index contributed by atoms with van der Waals surface area (Å²) in [5, 5.41) is 4.31. The molecule has 0 spiro atoms. The fourth-order valence-corrected chi connectivity index (χ4v) is 2.28. The van der Waals surface area contributed by atoms with E-state index in [1.165, 1.54) is 10.7 Å². The molecular formula is C17H19N3O3. The number of rotatable bonds is 6. The zero-order valence-corrected chi connectivity index (χ0v) is 12.9. The molecule has 120 valence electrons. The van der Waals surface area contributed by atoms with Gasteiger partial charge in [0.2, 0.25) is 0 Å². The molecule has 1 fully saturated rings. The minimum absolute atomic E-state index is 0.268. The maximum absolute atomic E-state index is 12.1. The van der Waals surface area contributed by atoms with Crippen LogP contribution < -0.4 is 11.0 Å². The Morgan fingerprint density at radius 2 is 2.04 bits per heavy atom. The van der Waals surface area contributed by atoms with E-state index in [0.717, 1.165) is 24.1 Å². The molecule has 1 N–H and O–H groups in total. The Labute approximate surface area is 134 Å². The highest BCUT2D eigenvalue weighted by Crippen LogP contribution is 2.38. The Morgan fingerprint density at radius 3 is 2.74 bits per heavy atom. The number of hydroxylamine groups is 1. The highest BCUT2D eigenvalue weighted by atomic mass is 16.6. The Morgan fingerprint density at radius 1 is 1.30 bits per heavy atom. The second-order valence-corrected chi connectivity index (χ2v) is 5.73. The molecule has 1 heterocycles. The Kier molecular flexibility index (Phi) is 4.52. The largest absolute Gasteiger partial charge is 0.270 e. The van der Waals surface area contributed by atoms with Gasteiger partial charge in [0.25, 0.3) is 11.5 Å². The fraction of sp³-hybridized carbons (Fsp3) is 0.353. The lowest BCUT2D eigenvalue weighted by Gasteiger charge is -2.14. The van der Waals surface area contributed by atoms with Gasteiger partial charge in [-0.25, -0.2) is 10.2 Å². The van der Waals surface area contributed by atoms with Crippen molar-refractivity contribution >= 4 is 5.91 Å². The molecule has 1 saturated carbocycles. The maximum atomic E-state index is 12.1. The van der Waals surface area contributed by atoms with Gasteiger partial charge in [-0.2, -0.15) is 5.10 Å². The Bertz CT molecular complexity index is 738. The maximum Gasteiger partial charge on any atom is 0.268 e. The van der Waals surface area contributed by atoms with Crippen molar-refractivity contribution in [2.75, 3.05) is 0 Å². The van der Waals surface area contributed by atoms with Crippen LogP contribution in [-0.4, -0.2) is 15.7 Å². The van der Waals surface area contributed by atoms with Gasteiger partial charge in [0.15, 0.2) is 0 Å². The summed E-state index contributed by atoms with van der Waals surface area (Å²) >= 11 is 0. The van der Waals surface area contributed by atoms with Crippen molar-refractivity contribution in [3.63, 3.8) is 0 Å². The summed E-state index contributed by atoms with van der Waals surface area (Å²) in [6.07, 6.45) is 2.18. The van der Waals surface area contributed by atoms with Gasteiger partial charge in [0.1, 0.15) is 6.04 Å². The average Bonchev–Trinajstić information content (AvgIpc) is 3.40. The minimum atomic E-state index is -0.725. The SMILES string of the molecule is CC(C(=O)NOCc1ccccc1)n1nc(C2CC2)ccc1=O. The molecule has 2 aromatic rings. The number of aromatic nitrogens is 2. The third-order valence-corrected chi connectivity index (χ3v) is 3.84. The van der Waals surface area contributed by atoms with Gasteiger partial charge in [0.05, 0.1) is 12.3 Å². The highest BCUT2D eigenvalue weighted by Gasteiger charge is 2.27. The van der Waals surface area contributed by atoms with Crippen LogP contribution in [0.3, 0.4) is 0 Å². The van der Waals surface area contributed by atoms with Crippen LogP contribution in [-0.2, 0) is 16.2 Å². The monoisotopic (exact) mass is 313 g/mol. The smallest absolute Gasteiger partial charge is 0.268 e. The first-order chi connectivity index (χ1) is 11.1. The molecule has 1 atom stereocenters. The molecule has 6 nitrogen and oxygen atoms in total. The summed E-state index contributed by atoms with van der Waals surface area (Å²) in [7, 11) is 0. The second-order valence-electron chi connectivity index (χ2n) is 5.73. The van der Waals surface area contributed by atoms with Crippen LogP contribution in [0.1, 0.15) is 43.0 Å². The summed E-state index contributed by atoms with van der Waals surface area (Å²) in [5.74, 6) is 0.0231. The van der Waals surface area contributed by atoms with Crippen LogP contribution >= 0.6 is 0 Å². The molecular weight excluding hydrogens is 294 g/mol. The van der Waals surface area contributed by atoms with Gasteiger partial charge in [-0.05, 0) is 31.4 Å². The number of hydrogen-bond donors (Lipinski definition) is 1. The first-order valence-corrected chi connectivity index (χ1v) is 7.70. The molecule has 1 amide bonds. The minimum Gasteiger partial charge on any atom is -0.270 e. The van der Waals surface area contributed by atoms with E-state index in [9.17, 15) is 9.59 Å². The van der Waals surface area contributed by atoms with E-state index in [4.69, 9.17) is 4.84 Å². The molecule has 3 rings (SSSR count). The molecule has 1 aromatic heterocycles. The summed E-state index contributed by atoms with van der Waals surface area (Å²) in [4.78, 5) is 29.3.